The Kier molecular flexibility index (Phi) is 4.32. The summed E-state index contributed by atoms with van der Waals surface area (Å²) in [7, 11) is 1.58. The van der Waals surface area contributed by atoms with Crippen LogP contribution in [0.1, 0.15) is 15.9 Å². The number of nitrogens with one attached hydrogen (secondary N) is 1. The first-order valence-corrected chi connectivity index (χ1v) is 5.98. The zero-order chi connectivity index (χ0) is 14.5. The number of carbonyl (C=O) groups is 1. The van der Waals surface area contributed by atoms with Gasteiger partial charge in [0.05, 0.1) is 12.2 Å². The third-order valence-electron chi connectivity index (χ3n) is 2.70. The largest absolute Gasteiger partial charge is 0.507 e. The van der Waals surface area contributed by atoms with Crippen LogP contribution in [-0.2, 0) is 11.3 Å². The van der Waals surface area contributed by atoms with Gasteiger partial charge in [0.25, 0.3) is 5.91 Å². The van der Waals surface area contributed by atoms with Crippen molar-refractivity contribution >= 4 is 11.6 Å². The number of phenolic OH excluding ortho intramolecular Hbond substituents is 1. The predicted octanol–water partition coefficient (Wildman–Crippen LogP) is 2.93. The van der Waals surface area contributed by atoms with Gasteiger partial charge in [-0.15, -0.1) is 0 Å². The number of methoxy groups -OCH3 is 1. The summed E-state index contributed by atoms with van der Waals surface area (Å²) in [5.74, 6) is -1.42. The number of amides is 1. The topological polar surface area (TPSA) is 58.6 Å². The molecule has 0 spiro atoms. The second kappa shape index (κ2) is 6.16. The van der Waals surface area contributed by atoms with Crippen LogP contribution in [0.4, 0.5) is 10.1 Å². The van der Waals surface area contributed by atoms with E-state index in [1.807, 2.05) is 6.07 Å². The molecule has 0 aliphatic carbocycles. The highest BCUT2D eigenvalue weighted by molar-refractivity contribution is 6.06. The maximum Gasteiger partial charge on any atom is 0.259 e. The zero-order valence-corrected chi connectivity index (χ0v) is 10.9. The van der Waals surface area contributed by atoms with E-state index in [2.05, 4.69) is 5.32 Å². The summed E-state index contributed by atoms with van der Waals surface area (Å²) in [6, 6.07) is 10.3. The van der Waals surface area contributed by atoms with Gasteiger partial charge < -0.3 is 15.2 Å². The summed E-state index contributed by atoms with van der Waals surface area (Å²) in [6.45, 7) is 0.426. The van der Waals surface area contributed by atoms with Gasteiger partial charge >= 0.3 is 0 Å². The first-order valence-electron chi connectivity index (χ1n) is 5.98. The van der Waals surface area contributed by atoms with Gasteiger partial charge in [0.2, 0.25) is 0 Å². The van der Waals surface area contributed by atoms with Crippen LogP contribution in [0.2, 0.25) is 0 Å². The van der Waals surface area contributed by atoms with E-state index in [9.17, 15) is 14.3 Å². The molecule has 0 aliphatic rings. The molecule has 5 heteroatoms. The van der Waals surface area contributed by atoms with Crippen molar-refractivity contribution in [1.82, 2.24) is 0 Å². The fourth-order valence-corrected chi connectivity index (χ4v) is 1.79. The summed E-state index contributed by atoms with van der Waals surface area (Å²) < 4.78 is 18.1. The molecule has 0 atom stereocenters. The number of hydrogen-bond donors (Lipinski definition) is 2. The minimum atomic E-state index is -0.582. The molecule has 0 heterocycles. The molecule has 0 aliphatic heterocycles. The Hall–Kier alpha value is -2.40. The Morgan fingerprint density at radius 2 is 2.10 bits per heavy atom. The fraction of sp³-hybridized carbons (Fsp3) is 0.133. The summed E-state index contributed by atoms with van der Waals surface area (Å²) >= 11 is 0. The monoisotopic (exact) mass is 275 g/mol. The lowest BCUT2D eigenvalue weighted by molar-refractivity contribution is 0.102. The predicted molar refractivity (Wildman–Crippen MR) is 73.2 cm³/mol. The molecule has 104 valence electrons. The van der Waals surface area contributed by atoms with Crippen LogP contribution in [0, 0.1) is 5.82 Å². The van der Waals surface area contributed by atoms with Crippen molar-refractivity contribution < 1.29 is 19.0 Å². The van der Waals surface area contributed by atoms with E-state index in [0.717, 1.165) is 23.8 Å². The number of anilines is 1. The molecule has 0 fully saturated rings. The van der Waals surface area contributed by atoms with E-state index in [1.165, 1.54) is 0 Å². The van der Waals surface area contributed by atoms with Crippen molar-refractivity contribution in [2.24, 2.45) is 0 Å². The molecular formula is C15H14FNO3. The highest BCUT2D eigenvalue weighted by Crippen LogP contribution is 2.20. The Morgan fingerprint density at radius 1 is 1.30 bits per heavy atom. The third-order valence-corrected chi connectivity index (χ3v) is 2.70. The molecular weight excluding hydrogens is 261 g/mol. The van der Waals surface area contributed by atoms with Gasteiger partial charge in [-0.2, -0.15) is 0 Å². The van der Waals surface area contributed by atoms with Gasteiger partial charge in [0.1, 0.15) is 11.6 Å². The second-order valence-electron chi connectivity index (χ2n) is 4.25. The molecule has 20 heavy (non-hydrogen) atoms. The summed E-state index contributed by atoms with van der Waals surface area (Å²) in [4.78, 5) is 12.0. The normalized spacial score (nSPS) is 10.3. The van der Waals surface area contributed by atoms with Gasteiger partial charge in [-0.05, 0) is 35.9 Å². The SMILES string of the molecule is COCc1cccc(NC(=O)c2cc(F)ccc2O)c1. The van der Waals surface area contributed by atoms with Gasteiger partial charge in [-0.3, -0.25) is 4.79 Å². The van der Waals surface area contributed by atoms with Gasteiger partial charge in [-0.25, -0.2) is 4.39 Å². The van der Waals surface area contributed by atoms with Crippen LogP contribution in [0.25, 0.3) is 0 Å². The van der Waals surface area contributed by atoms with Crippen molar-refractivity contribution in [3.05, 3.63) is 59.4 Å². The quantitative estimate of drug-likeness (QED) is 0.902. The summed E-state index contributed by atoms with van der Waals surface area (Å²) in [6.07, 6.45) is 0. The van der Waals surface area contributed by atoms with E-state index < -0.39 is 11.7 Å². The van der Waals surface area contributed by atoms with Crippen LogP contribution in [0.5, 0.6) is 5.75 Å². The fourth-order valence-electron chi connectivity index (χ4n) is 1.79. The maximum absolute atomic E-state index is 13.1. The van der Waals surface area contributed by atoms with Gasteiger partial charge in [-0.1, -0.05) is 12.1 Å². The average molecular weight is 275 g/mol. The molecule has 0 radical (unpaired) electrons. The van der Waals surface area contributed by atoms with Crippen molar-refractivity contribution in [1.29, 1.82) is 0 Å². The lowest BCUT2D eigenvalue weighted by atomic mass is 10.1. The lowest BCUT2D eigenvalue weighted by Gasteiger charge is -2.08. The number of benzene rings is 2. The van der Waals surface area contributed by atoms with Crippen molar-refractivity contribution in [2.45, 2.75) is 6.61 Å². The van der Waals surface area contributed by atoms with Crippen LogP contribution in [0.3, 0.4) is 0 Å². The highest BCUT2D eigenvalue weighted by atomic mass is 19.1. The third kappa shape index (κ3) is 3.33. The minimum absolute atomic E-state index is 0.109. The van der Waals surface area contributed by atoms with E-state index in [-0.39, 0.29) is 11.3 Å². The van der Waals surface area contributed by atoms with E-state index in [4.69, 9.17) is 4.74 Å². The van der Waals surface area contributed by atoms with E-state index >= 15 is 0 Å². The Balaban J connectivity index is 2.19. The standard InChI is InChI=1S/C15H14FNO3/c1-20-9-10-3-2-4-12(7-10)17-15(19)13-8-11(16)5-6-14(13)18/h2-8,18H,9H2,1H3,(H,17,19). The molecule has 2 aromatic carbocycles. The van der Waals surface area contributed by atoms with E-state index in [0.29, 0.717) is 12.3 Å². The second-order valence-corrected chi connectivity index (χ2v) is 4.25. The Morgan fingerprint density at radius 3 is 2.85 bits per heavy atom. The molecule has 4 nitrogen and oxygen atoms in total. The maximum atomic E-state index is 13.1. The molecule has 2 rings (SSSR count). The average Bonchev–Trinajstić information content (AvgIpc) is 2.42. The molecule has 0 aromatic heterocycles. The van der Waals surface area contributed by atoms with Crippen LogP contribution in [0.15, 0.2) is 42.5 Å². The highest BCUT2D eigenvalue weighted by Gasteiger charge is 2.12. The molecule has 0 saturated carbocycles. The van der Waals surface area contributed by atoms with Crippen LogP contribution < -0.4 is 5.32 Å². The number of hydrogen-bond acceptors (Lipinski definition) is 3. The first-order chi connectivity index (χ1) is 9.60. The number of carbonyl (C=O) groups excluding carboxylic acids is 1. The number of aromatic hydroxyl groups is 1. The van der Waals surface area contributed by atoms with Crippen LogP contribution in [-0.4, -0.2) is 18.1 Å². The Labute approximate surface area is 115 Å². The first kappa shape index (κ1) is 14.0. The molecule has 2 aromatic rings. The molecule has 0 saturated heterocycles. The zero-order valence-electron chi connectivity index (χ0n) is 10.9. The number of halogens is 1. The van der Waals surface area contributed by atoms with Gasteiger partial charge in [0, 0.05) is 12.8 Å². The minimum Gasteiger partial charge on any atom is -0.507 e. The van der Waals surface area contributed by atoms with Crippen molar-refractivity contribution in [3.63, 3.8) is 0 Å². The number of ether oxygens (including phenoxy) is 1. The van der Waals surface area contributed by atoms with Crippen molar-refractivity contribution in [2.75, 3.05) is 12.4 Å². The molecule has 0 bridgehead atoms. The van der Waals surface area contributed by atoms with Crippen molar-refractivity contribution in [3.8, 4) is 5.75 Å². The summed E-state index contributed by atoms with van der Waals surface area (Å²) in [5, 5.41) is 12.2. The van der Waals surface area contributed by atoms with E-state index in [1.54, 1.807) is 25.3 Å². The Bertz CT molecular complexity index is 628. The summed E-state index contributed by atoms with van der Waals surface area (Å²) in [5.41, 5.74) is 1.34. The number of rotatable bonds is 4. The van der Waals surface area contributed by atoms with Gasteiger partial charge in [0.15, 0.2) is 0 Å². The molecule has 1 amide bonds. The smallest absolute Gasteiger partial charge is 0.259 e. The number of phenols is 1. The van der Waals surface area contributed by atoms with Crippen LogP contribution >= 0.6 is 0 Å². The molecule has 0 unspecified atom stereocenters. The molecule has 2 N–H and O–H groups in total. The lowest BCUT2D eigenvalue weighted by Crippen LogP contribution is -2.12.